The molecule has 1 aliphatic carbocycles. The number of carbonyl (C=O) groups excluding carboxylic acids is 2. The minimum absolute atomic E-state index is 0.130. The Balaban J connectivity index is 1.67. The van der Waals surface area contributed by atoms with Gasteiger partial charge in [0.05, 0.1) is 12.2 Å². The topological polar surface area (TPSA) is 97.4 Å². The Labute approximate surface area is 191 Å². The maximum absolute atomic E-state index is 13.8. The standard InChI is InChI=1S/C24H23O8P/c1-2-28-24(26)23-19(20-15-16-22(25)29-20)13-14-21(23)32-33(27,30-17-9-5-3-6-10-17)31-18-11-7-4-8-12-18/h3-12,15-16,19-20H,2,13-14H2,1H3/t19-,20-/m1/s1. The highest BCUT2D eigenvalue weighted by Gasteiger charge is 2.44. The molecule has 0 fully saturated rings. The fourth-order valence-electron chi connectivity index (χ4n) is 3.68. The summed E-state index contributed by atoms with van der Waals surface area (Å²) in [5.74, 6) is -0.927. The van der Waals surface area contributed by atoms with E-state index >= 15 is 0 Å². The number of ether oxygens (including phenoxy) is 2. The molecule has 0 amide bonds. The van der Waals surface area contributed by atoms with Gasteiger partial charge < -0.3 is 23.0 Å². The van der Waals surface area contributed by atoms with Crippen molar-refractivity contribution in [2.24, 2.45) is 5.92 Å². The number of benzene rings is 2. The molecule has 0 bridgehead atoms. The van der Waals surface area contributed by atoms with E-state index < -0.39 is 31.8 Å². The number of rotatable bonds is 9. The number of para-hydroxylation sites is 2. The van der Waals surface area contributed by atoms with E-state index in [1.54, 1.807) is 73.7 Å². The second-order valence-electron chi connectivity index (χ2n) is 7.31. The Bertz CT molecular complexity index is 1060. The van der Waals surface area contributed by atoms with Crippen LogP contribution in [0.5, 0.6) is 11.5 Å². The molecule has 1 aliphatic heterocycles. The van der Waals surface area contributed by atoms with E-state index in [0.717, 1.165) is 0 Å². The van der Waals surface area contributed by atoms with Crippen molar-refractivity contribution >= 4 is 19.8 Å². The normalized spacial score (nSPS) is 19.8. The van der Waals surface area contributed by atoms with Gasteiger partial charge in [-0.25, -0.2) is 9.59 Å². The molecule has 9 heteroatoms. The van der Waals surface area contributed by atoms with Crippen molar-refractivity contribution in [3.63, 3.8) is 0 Å². The molecular weight excluding hydrogens is 447 g/mol. The molecule has 0 aromatic heterocycles. The second-order valence-corrected chi connectivity index (χ2v) is 8.75. The molecule has 2 aromatic rings. The van der Waals surface area contributed by atoms with Crippen LogP contribution >= 0.6 is 7.82 Å². The molecule has 0 N–H and O–H groups in total. The largest absolute Gasteiger partial charge is 0.646 e. The van der Waals surface area contributed by atoms with Gasteiger partial charge in [-0.3, -0.25) is 0 Å². The first-order valence-corrected chi connectivity index (χ1v) is 12.0. The number of cyclic esters (lactones) is 1. The SMILES string of the molecule is CCOC(=O)C1=C(OP(=O)(Oc2ccccc2)Oc2ccccc2)CC[C@@H]1[C@H]1C=CC(=O)O1. The first-order valence-electron chi connectivity index (χ1n) is 10.6. The first kappa shape index (κ1) is 22.7. The van der Waals surface area contributed by atoms with Crippen LogP contribution < -0.4 is 9.05 Å². The van der Waals surface area contributed by atoms with Gasteiger partial charge in [0, 0.05) is 18.4 Å². The van der Waals surface area contributed by atoms with Crippen LogP contribution in [0.25, 0.3) is 0 Å². The van der Waals surface area contributed by atoms with Gasteiger partial charge in [-0.05, 0) is 43.7 Å². The predicted octanol–water partition coefficient (Wildman–Crippen LogP) is 4.98. The fourth-order valence-corrected chi connectivity index (χ4v) is 5.02. The average molecular weight is 470 g/mol. The summed E-state index contributed by atoms with van der Waals surface area (Å²) >= 11 is 0. The zero-order valence-corrected chi connectivity index (χ0v) is 18.8. The van der Waals surface area contributed by atoms with Gasteiger partial charge in [-0.1, -0.05) is 36.4 Å². The van der Waals surface area contributed by atoms with Crippen LogP contribution in [-0.2, 0) is 28.2 Å². The molecule has 2 aliphatic rings. The summed E-state index contributed by atoms with van der Waals surface area (Å²) in [5, 5.41) is 0. The summed E-state index contributed by atoms with van der Waals surface area (Å²) in [7, 11) is -4.27. The number of hydrogen-bond donors (Lipinski definition) is 0. The van der Waals surface area contributed by atoms with Crippen LogP contribution in [0.2, 0.25) is 0 Å². The van der Waals surface area contributed by atoms with Crippen molar-refractivity contribution in [3.8, 4) is 11.5 Å². The first-order chi connectivity index (χ1) is 16.0. The van der Waals surface area contributed by atoms with Gasteiger partial charge in [-0.15, -0.1) is 0 Å². The molecule has 2 aromatic carbocycles. The van der Waals surface area contributed by atoms with Crippen LogP contribution in [0, 0.1) is 5.92 Å². The van der Waals surface area contributed by atoms with Crippen molar-refractivity contribution in [3.05, 3.63) is 84.1 Å². The molecule has 33 heavy (non-hydrogen) atoms. The average Bonchev–Trinajstić information content (AvgIpc) is 3.41. The lowest BCUT2D eigenvalue weighted by Gasteiger charge is -2.22. The third kappa shape index (κ3) is 5.46. The Kier molecular flexibility index (Phi) is 6.84. The van der Waals surface area contributed by atoms with E-state index in [9.17, 15) is 14.2 Å². The zero-order chi connectivity index (χ0) is 23.3. The van der Waals surface area contributed by atoms with Crippen molar-refractivity contribution < 1.29 is 37.2 Å². The predicted molar refractivity (Wildman–Crippen MR) is 118 cm³/mol. The smallest absolute Gasteiger partial charge is 0.463 e. The number of esters is 2. The summed E-state index contributed by atoms with van der Waals surface area (Å²) in [5.41, 5.74) is 0.162. The second kappa shape index (κ2) is 9.96. The molecule has 0 saturated carbocycles. The zero-order valence-electron chi connectivity index (χ0n) is 17.9. The van der Waals surface area contributed by atoms with Crippen molar-refractivity contribution in [2.75, 3.05) is 6.61 Å². The van der Waals surface area contributed by atoms with Crippen LogP contribution in [0.15, 0.2) is 84.1 Å². The quantitative estimate of drug-likeness (QED) is 0.374. The van der Waals surface area contributed by atoms with Gasteiger partial charge in [0.25, 0.3) is 0 Å². The molecule has 0 saturated heterocycles. The maximum Gasteiger partial charge on any atom is 0.646 e. The Morgan fingerprint density at radius 3 is 2.12 bits per heavy atom. The van der Waals surface area contributed by atoms with Gasteiger partial charge >= 0.3 is 19.8 Å². The van der Waals surface area contributed by atoms with Crippen LogP contribution in [0.1, 0.15) is 19.8 Å². The molecular formula is C24H23O8P. The highest BCUT2D eigenvalue weighted by molar-refractivity contribution is 7.49. The molecule has 0 radical (unpaired) electrons. The lowest BCUT2D eigenvalue weighted by Crippen LogP contribution is -2.25. The molecule has 172 valence electrons. The van der Waals surface area contributed by atoms with Crippen LogP contribution in [0.4, 0.5) is 0 Å². The van der Waals surface area contributed by atoms with Crippen molar-refractivity contribution in [1.82, 2.24) is 0 Å². The third-order valence-corrected chi connectivity index (χ3v) is 6.38. The highest BCUT2D eigenvalue weighted by Crippen LogP contribution is 2.54. The number of hydrogen-bond acceptors (Lipinski definition) is 8. The lowest BCUT2D eigenvalue weighted by molar-refractivity contribution is -0.143. The van der Waals surface area contributed by atoms with Gasteiger partial charge in [0.2, 0.25) is 0 Å². The van der Waals surface area contributed by atoms with E-state index in [-0.39, 0.29) is 35.9 Å². The molecule has 0 spiro atoms. The third-order valence-electron chi connectivity index (χ3n) is 5.06. The van der Waals surface area contributed by atoms with E-state index in [4.69, 9.17) is 23.0 Å². The van der Waals surface area contributed by atoms with Gasteiger partial charge in [0.1, 0.15) is 23.4 Å². The van der Waals surface area contributed by atoms with Gasteiger partial charge in [0.15, 0.2) is 0 Å². The van der Waals surface area contributed by atoms with Crippen LogP contribution in [0.3, 0.4) is 0 Å². The Morgan fingerprint density at radius 2 is 1.61 bits per heavy atom. The van der Waals surface area contributed by atoms with Crippen molar-refractivity contribution in [2.45, 2.75) is 25.9 Å². The molecule has 8 nitrogen and oxygen atoms in total. The summed E-state index contributed by atoms with van der Waals surface area (Å²) in [6.07, 6.45) is 2.97. The van der Waals surface area contributed by atoms with Crippen molar-refractivity contribution in [1.29, 1.82) is 0 Å². The number of phosphoric ester groups is 1. The Hall–Kier alpha value is -3.51. The Morgan fingerprint density at radius 1 is 1.00 bits per heavy atom. The van der Waals surface area contributed by atoms with Gasteiger partial charge in [-0.2, -0.15) is 4.57 Å². The van der Waals surface area contributed by atoms with Crippen LogP contribution in [-0.4, -0.2) is 24.6 Å². The number of allylic oxidation sites excluding steroid dienone is 1. The molecule has 1 heterocycles. The molecule has 4 rings (SSSR count). The van der Waals surface area contributed by atoms with E-state index in [1.807, 2.05) is 0 Å². The van der Waals surface area contributed by atoms with E-state index in [2.05, 4.69) is 0 Å². The lowest BCUT2D eigenvalue weighted by atomic mass is 9.95. The summed E-state index contributed by atoms with van der Waals surface area (Å²) < 4.78 is 41.4. The summed E-state index contributed by atoms with van der Waals surface area (Å²) in [6, 6.07) is 16.9. The minimum Gasteiger partial charge on any atom is -0.463 e. The number of phosphoric acid groups is 1. The highest BCUT2D eigenvalue weighted by atomic mass is 31.2. The summed E-state index contributed by atoms with van der Waals surface area (Å²) in [4.78, 5) is 24.4. The minimum atomic E-state index is -4.27. The summed E-state index contributed by atoms with van der Waals surface area (Å²) in [6.45, 7) is 1.82. The van der Waals surface area contributed by atoms with E-state index in [1.165, 1.54) is 6.08 Å². The van der Waals surface area contributed by atoms with E-state index in [0.29, 0.717) is 6.42 Å². The molecule has 2 atom stereocenters. The fraction of sp³-hybridized carbons (Fsp3) is 0.250. The molecule has 0 unspecified atom stereocenters. The monoisotopic (exact) mass is 470 g/mol. The number of carbonyl (C=O) groups is 2. The maximum atomic E-state index is 13.8.